The van der Waals surface area contributed by atoms with Gasteiger partial charge in [0.15, 0.2) is 0 Å². The molecule has 2 heterocycles. The predicted molar refractivity (Wildman–Crippen MR) is 123 cm³/mol. The van der Waals surface area contributed by atoms with E-state index in [1.54, 1.807) is 11.1 Å². The Morgan fingerprint density at radius 3 is 2.58 bits per heavy atom. The number of carbonyl (C=O) groups is 2. The van der Waals surface area contributed by atoms with Crippen molar-refractivity contribution in [2.45, 2.75) is 43.5 Å². The molecule has 1 saturated heterocycles. The molecule has 1 aliphatic heterocycles. The van der Waals surface area contributed by atoms with Crippen LogP contribution in [0.4, 0.5) is 4.79 Å². The number of carboxylic acid groups (broad SMARTS) is 1. The normalized spacial score (nSPS) is 25.1. The van der Waals surface area contributed by atoms with Crippen molar-refractivity contribution in [1.82, 2.24) is 9.88 Å². The first kappa shape index (κ1) is 23.7. The molecule has 9 heteroatoms. The van der Waals surface area contributed by atoms with Crippen LogP contribution in [0, 0.1) is 0 Å². The van der Waals surface area contributed by atoms with E-state index in [0.29, 0.717) is 50.0 Å². The summed E-state index contributed by atoms with van der Waals surface area (Å²) in [5.41, 5.74) is 0.482. The van der Waals surface area contributed by atoms with E-state index < -0.39 is 23.8 Å². The topological polar surface area (TPSA) is 98.2 Å². The second-order valence-corrected chi connectivity index (χ2v) is 9.26. The maximum Gasteiger partial charge on any atom is 0.410 e. The molecular formula is C24H27BrN2O6. The van der Waals surface area contributed by atoms with Crippen LogP contribution in [0.25, 0.3) is 0 Å². The predicted octanol–water partition coefficient (Wildman–Crippen LogP) is 4.12. The molecule has 0 bridgehead atoms. The molecule has 0 radical (unpaired) electrons. The minimum absolute atomic E-state index is 0.227. The second-order valence-electron chi connectivity index (χ2n) is 8.51. The Morgan fingerprint density at radius 1 is 1.12 bits per heavy atom. The molecule has 2 fully saturated rings. The molecule has 176 valence electrons. The lowest BCUT2D eigenvalue weighted by atomic mass is 9.72. The van der Waals surface area contributed by atoms with Crippen LogP contribution < -0.4 is 0 Å². The summed E-state index contributed by atoms with van der Waals surface area (Å²) in [6.07, 6.45) is 3.67. The summed E-state index contributed by atoms with van der Waals surface area (Å²) in [6, 6.07) is 13.3. The van der Waals surface area contributed by atoms with Gasteiger partial charge in [0, 0.05) is 18.3 Å². The summed E-state index contributed by atoms with van der Waals surface area (Å²) >= 11 is 3.49. The molecule has 1 aliphatic carbocycles. The van der Waals surface area contributed by atoms with E-state index in [-0.39, 0.29) is 12.7 Å². The smallest absolute Gasteiger partial charge is 0.410 e. The SMILES string of the molecule is O=C(O)COC1(c2cccnc2Br)CCC2(CC1)CN(C(=O)OCc1ccccc1)CCO2. The van der Waals surface area contributed by atoms with Crippen LogP contribution in [-0.2, 0) is 31.2 Å². The molecule has 1 saturated carbocycles. The van der Waals surface area contributed by atoms with E-state index in [1.807, 2.05) is 42.5 Å². The quantitative estimate of drug-likeness (QED) is 0.574. The molecule has 0 atom stereocenters. The maximum atomic E-state index is 12.7. The highest BCUT2D eigenvalue weighted by atomic mass is 79.9. The number of nitrogens with zero attached hydrogens (tertiary/aromatic N) is 2. The molecule has 8 nitrogen and oxygen atoms in total. The molecule has 1 spiro atoms. The van der Waals surface area contributed by atoms with E-state index in [0.717, 1.165) is 11.1 Å². The summed E-state index contributed by atoms with van der Waals surface area (Å²) < 4.78 is 18.3. The number of carbonyl (C=O) groups excluding carboxylic acids is 1. The number of hydrogen-bond donors (Lipinski definition) is 1. The van der Waals surface area contributed by atoms with Crippen LogP contribution in [0.15, 0.2) is 53.3 Å². The molecule has 1 aromatic carbocycles. The van der Waals surface area contributed by atoms with E-state index >= 15 is 0 Å². The first-order chi connectivity index (χ1) is 15.9. The summed E-state index contributed by atoms with van der Waals surface area (Å²) in [4.78, 5) is 30.0. The van der Waals surface area contributed by atoms with Gasteiger partial charge < -0.3 is 24.2 Å². The van der Waals surface area contributed by atoms with Crippen LogP contribution in [0.3, 0.4) is 0 Å². The van der Waals surface area contributed by atoms with Gasteiger partial charge in [-0.15, -0.1) is 0 Å². The van der Waals surface area contributed by atoms with Crippen molar-refractivity contribution in [2.75, 3.05) is 26.3 Å². The zero-order valence-corrected chi connectivity index (χ0v) is 19.8. The Labute approximate surface area is 201 Å². The third-order valence-corrected chi connectivity index (χ3v) is 7.03. The second kappa shape index (κ2) is 10.2. The van der Waals surface area contributed by atoms with Crippen LogP contribution >= 0.6 is 15.9 Å². The Balaban J connectivity index is 1.43. The van der Waals surface area contributed by atoms with Crippen LogP contribution in [0.5, 0.6) is 0 Å². The number of aromatic nitrogens is 1. The Bertz CT molecular complexity index is 978. The lowest BCUT2D eigenvalue weighted by molar-refractivity contribution is -0.177. The number of carboxylic acids is 1. The third-order valence-electron chi connectivity index (χ3n) is 6.40. The van der Waals surface area contributed by atoms with E-state index in [4.69, 9.17) is 14.2 Å². The van der Waals surface area contributed by atoms with Crippen molar-refractivity contribution in [1.29, 1.82) is 0 Å². The molecular weight excluding hydrogens is 492 g/mol. The van der Waals surface area contributed by atoms with Crippen LogP contribution in [0.1, 0.15) is 36.8 Å². The van der Waals surface area contributed by atoms with Crippen molar-refractivity contribution in [2.24, 2.45) is 0 Å². The summed E-state index contributed by atoms with van der Waals surface area (Å²) in [5, 5.41) is 9.21. The Kier molecular flexibility index (Phi) is 7.31. The van der Waals surface area contributed by atoms with Crippen molar-refractivity contribution in [3.8, 4) is 0 Å². The number of aliphatic carboxylic acids is 1. The fourth-order valence-electron chi connectivity index (χ4n) is 4.64. The zero-order valence-electron chi connectivity index (χ0n) is 18.2. The molecule has 2 aromatic rings. The minimum atomic E-state index is -1.02. The van der Waals surface area contributed by atoms with Gasteiger partial charge in [0.05, 0.1) is 24.4 Å². The lowest BCUT2D eigenvalue weighted by Gasteiger charge is -2.49. The van der Waals surface area contributed by atoms with Crippen molar-refractivity contribution < 1.29 is 28.9 Å². The number of morpholine rings is 1. The van der Waals surface area contributed by atoms with Crippen molar-refractivity contribution in [3.05, 3.63) is 64.4 Å². The number of rotatable bonds is 6. The number of benzene rings is 1. The van der Waals surface area contributed by atoms with Gasteiger partial charge >= 0.3 is 12.1 Å². The fourth-order valence-corrected chi connectivity index (χ4v) is 5.25. The van der Waals surface area contributed by atoms with Crippen molar-refractivity contribution in [3.63, 3.8) is 0 Å². The minimum Gasteiger partial charge on any atom is -0.480 e. The number of ether oxygens (including phenoxy) is 3. The molecule has 1 aromatic heterocycles. The first-order valence-electron chi connectivity index (χ1n) is 11.0. The van der Waals surface area contributed by atoms with Gasteiger partial charge in [0.1, 0.15) is 17.8 Å². The fraction of sp³-hybridized carbons (Fsp3) is 0.458. The van der Waals surface area contributed by atoms with Crippen LogP contribution in [-0.4, -0.2) is 59.0 Å². The van der Waals surface area contributed by atoms with Gasteiger partial charge in [0.25, 0.3) is 0 Å². The molecule has 2 aliphatic rings. The summed E-state index contributed by atoms with van der Waals surface area (Å²) in [7, 11) is 0. The van der Waals surface area contributed by atoms with E-state index in [1.165, 1.54) is 0 Å². The Hall–Kier alpha value is -2.49. The molecule has 4 rings (SSSR count). The van der Waals surface area contributed by atoms with E-state index in [9.17, 15) is 14.7 Å². The van der Waals surface area contributed by atoms with Gasteiger partial charge in [-0.25, -0.2) is 14.6 Å². The average molecular weight is 519 g/mol. The summed E-state index contributed by atoms with van der Waals surface area (Å²) in [5.74, 6) is -1.02. The molecule has 1 amide bonds. The van der Waals surface area contributed by atoms with Gasteiger partial charge in [-0.2, -0.15) is 0 Å². The molecule has 33 heavy (non-hydrogen) atoms. The maximum absolute atomic E-state index is 12.7. The van der Waals surface area contributed by atoms with Crippen LogP contribution in [0.2, 0.25) is 0 Å². The molecule has 1 N–H and O–H groups in total. The Morgan fingerprint density at radius 2 is 1.88 bits per heavy atom. The number of hydrogen-bond acceptors (Lipinski definition) is 6. The standard InChI is InChI=1S/C24H27BrN2O6/c25-21-19(7-4-12-26-21)24(33-16-20(28)29)10-8-23(9-11-24)17-27(13-14-32-23)22(30)31-15-18-5-2-1-3-6-18/h1-7,12H,8-11,13-17H2,(H,28,29). The monoisotopic (exact) mass is 518 g/mol. The van der Waals surface area contributed by atoms with Gasteiger partial charge in [0.2, 0.25) is 0 Å². The average Bonchev–Trinajstić information content (AvgIpc) is 2.84. The first-order valence-corrected chi connectivity index (χ1v) is 11.8. The molecule has 0 unspecified atom stereocenters. The van der Waals surface area contributed by atoms with Gasteiger partial charge in [-0.05, 0) is 53.2 Å². The van der Waals surface area contributed by atoms with Gasteiger partial charge in [-0.1, -0.05) is 36.4 Å². The van der Waals surface area contributed by atoms with E-state index in [2.05, 4.69) is 20.9 Å². The highest BCUT2D eigenvalue weighted by Crippen LogP contribution is 2.48. The highest BCUT2D eigenvalue weighted by molar-refractivity contribution is 9.10. The summed E-state index contributed by atoms with van der Waals surface area (Å²) in [6.45, 7) is 1.17. The largest absolute Gasteiger partial charge is 0.480 e. The zero-order chi connectivity index (χ0) is 23.3. The number of pyridine rings is 1. The van der Waals surface area contributed by atoms with Crippen molar-refractivity contribution >= 4 is 28.0 Å². The third kappa shape index (κ3) is 5.54. The lowest BCUT2D eigenvalue weighted by Crippen LogP contribution is -2.57. The number of amides is 1. The number of halogens is 1. The van der Waals surface area contributed by atoms with Gasteiger partial charge in [-0.3, -0.25) is 0 Å². The highest BCUT2D eigenvalue weighted by Gasteiger charge is 2.49.